The summed E-state index contributed by atoms with van der Waals surface area (Å²) >= 11 is 0. The molecule has 1 atom stereocenters. The zero-order valence-electron chi connectivity index (χ0n) is 14.7. The van der Waals surface area contributed by atoms with Crippen molar-refractivity contribution in [2.75, 3.05) is 17.2 Å². The van der Waals surface area contributed by atoms with Crippen molar-refractivity contribution in [1.82, 2.24) is 15.0 Å². The lowest BCUT2D eigenvalue weighted by molar-refractivity contribution is -0.730. The van der Waals surface area contributed by atoms with Gasteiger partial charge in [0, 0.05) is 23.6 Å². The van der Waals surface area contributed by atoms with Gasteiger partial charge in [0.2, 0.25) is 5.82 Å². The maximum atomic E-state index is 9.79. The molecule has 26 heavy (non-hydrogen) atoms. The fourth-order valence-electron chi connectivity index (χ4n) is 3.23. The minimum atomic E-state index is -0.371. The predicted octanol–water partition coefficient (Wildman–Crippen LogP) is 2.09. The van der Waals surface area contributed by atoms with Crippen LogP contribution < -0.4 is 15.2 Å². The van der Waals surface area contributed by atoms with Gasteiger partial charge in [-0.2, -0.15) is 0 Å². The Hall–Kier alpha value is -3.06. The van der Waals surface area contributed by atoms with Crippen LogP contribution in [-0.2, 0) is 5.54 Å². The van der Waals surface area contributed by atoms with Crippen molar-refractivity contribution < 1.29 is 9.67 Å². The van der Waals surface area contributed by atoms with Crippen LogP contribution in [0.4, 0.5) is 17.6 Å². The minimum Gasteiger partial charge on any atom is -0.393 e. The van der Waals surface area contributed by atoms with Crippen LogP contribution in [0.25, 0.3) is 11.4 Å². The van der Waals surface area contributed by atoms with Crippen LogP contribution in [0.15, 0.2) is 54.9 Å². The van der Waals surface area contributed by atoms with E-state index in [4.69, 9.17) is 4.98 Å². The van der Waals surface area contributed by atoms with E-state index in [1.165, 1.54) is 0 Å². The van der Waals surface area contributed by atoms with Gasteiger partial charge in [-0.1, -0.05) is 28.2 Å². The third kappa shape index (κ3) is 2.76. The van der Waals surface area contributed by atoms with Gasteiger partial charge >= 0.3 is 11.9 Å². The molecule has 3 aromatic rings. The van der Waals surface area contributed by atoms with Crippen LogP contribution in [0.3, 0.4) is 0 Å². The summed E-state index contributed by atoms with van der Waals surface area (Å²) < 4.78 is 2.06. The normalized spacial score (nSPS) is 17.4. The molecule has 0 saturated carbocycles. The van der Waals surface area contributed by atoms with Crippen LogP contribution in [0, 0.1) is 0 Å². The van der Waals surface area contributed by atoms with E-state index in [-0.39, 0.29) is 18.2 Å². The number of aliphatic hydroxyl groups is 1. The highest BCUT2D eigenvalue weighted by Gasteiger charge is 2.47. The Kier molecular flexibility index (Phi) is 4.00. The Morgan fingerprint density at radius 2 is 1.85 bits per heavy atom. The molecule has 0 fully saturated rings. The van der Waals surface area contributed by atoms with Gasteiger partial charge in [0.15, 0.2) is 0 Å². The maximum Gasteiger partial charge on any atom is 0.352 e. The average molecular weight is 349 g/mol. The second kappa shape index (κ2) is 6.34. The monoisotopic (exact) mass is 349 g/mol. The number of pyridine rings is 1. The molecule has 0 spiro atoms. The first kappa shape index (κ1) is 16.4. The van der Waals surface area contributed by atoms with E-state index in [1.54, 1.807) is 12.4 Å². The van der Waals surface area contributed by atoms with E-state index in [9.17, 15) is 5.11 Å². The van der Waals surface area contributed by atoms with Crippen molar-refractivity contribution in [2.24, 2.45) is 0 Å². The number of rotatable bonds is 4. The summed E-state index contributed by atoms with van der Waals surface area (Å²) in [6, 6.07) is 13.6. The third-order valence-corrected chi connectivity index (χ3v) is 4.73. The molecule has 0 radical (unpaired) electrons. The standard InChI is InChI=1S/C19H20N6O/c1-19(2)15(12-26)22-18-24-17(21-14-8-10-20-11-9-14)23-16(25(18)19)13-6-4-3-5-7-13/h3-11,15,26H,12H2,1-2H3,(H,20,21,22,24)/p+1. The molecular weight excluding hydrogens is 328 g/mol. The van der Waals surface area contributed by atoms with Crippen LogP contribution in [-0.4, -0.2) is 32.7 Å². The highest BCUT2D eigenvalue weighted by molar-refractivity contribution is 5.58. The first-order chi connectivity index (χ1) is 12.6. The number of aromatic nitrogens is 4. The van der Waals surface area contributed by atoms with Crippen LogP contribution in [0.2, 0.25) is 0 Å². The zero-order chi connectivity index (χ0) is 18.1. The summed E-state index contributed by atoms with van der Waals surface area (Å²) in [7, 11) is 0. The van der Waals surface area contributed by atoms with Crippen molar-refractivity contribution in [3.63, 3.8) is 0 Å². The Balaban J connectivity index is 1.86. The maximum absolute atomic E-state index is 9.79. The van der Waals surface area contributed by atoms with E-state index in [0.29, 0.717) is 11.9 Å². The van der Waals surface area contributed by atoms with Crippen LogP contribution in [0.1, 0.15) is 13.8 Å². The summed E-state index contributed by atoms with van der Waals surface area (Å²) in [6.45, 7) is 4.16. The van der Waals surface area contributed by atoms with Gasteiger partial charge < -0.3 is 10.4 Å². The number of benzene rings is 1. The summed E-state index contributed by atoms with van der Waals surface area (Å²) in [6.07, 6.45) is 3.43. The Bertz CT molecular complexity index is 914. The molecule has 0 saturated heterocycles. The quantitative estimate of drug-likeness (QED) is 0.625. The number of aliphatic hydroxyl groups excluding tert-OH is 1. The summed E-state index contributed by atoms with van der Waals surface area (Å²) in [5.74, 6) is 1.96. The number of anilines is 3. The van der Waals surface area contributed by atoms with Crippen LogP contribution in [0.5, 0.6) is 0 Å². The molecule has 3 heterocycles. The van der Waals surface area contributed by atoms with Gasteiger partial charge in [-0.3, -0.25) is 10.3 Å². The van der Waals surface area contributed by atoms with E-state index >= 15 is 0 Å². The number of hydrogen-bond acceptors (Lipinski definition) is 6. The molecule has 1 aliphatic heterocycles. The number of fused-ring (bicyclic) bond motifs is 1. The number of nitrogens with one attached hydrogen (secondary N) is 2. The first-order valence-corrected chi connectivity index (χ1v) is 8.54. The number of nitrogens with zero attached hydrogens (tertiary/aromatic N) is 4. The molecule has 7 heteroatoms. The van der Waals surface area contributed by atoms with Gasteiger partial charge in [0.25, 0.3) is 0 Å². The summed E-state index contributed by atoms with van der Waals surface area (Å²) in [4.78, 5) is 13.4. The largest absolute Gasteiger partial charge is 0.393 e. The van der Waals surface area contributed by atoms with Gasteiger partial charge in [-0.15, -0.1) is 0 Å². The molecule has 0 aliphatic carbocycles. The van der Waals surface area contributed by atoms with Crippen molar-refractivity contribution in [2.45, 2.75) is 25.4 Å². The van der Waals surface area contributed by atoms with Gasteiger partial charge in [-0.25, -0.2) is 4.57 Å². The summed E-state index contributed by atoms with van der Waals surface area (Å²) in [5.41, 5.74) is 1.48. The second-order valence-corrected chi connectivity index (χ2v) is 6.79. The van der Waals surface area contributed by atoms with Gasteiger partial charge in [0.1, 0.15) is 11.6 Å². The molecule has 0 bridgehead atoms. The molecule has 1 aliphatic rings. The lowest BCUT2D eigenvalue weighted by Crippen LogP contribution is -2.57. The van der Waals surface area contributed by atoms with Gasteiger partial charge in [-0.05, 0) is 38.1 Å². The Morgan fingerprint density at radius 3 is 2.54 bits per heavy atom. The molecule has 7 nitrogen and oxygen atoms in total. The molecule has 3 N–H and O–H groups in total. The number of hydrogen-bond donors (Lipinski definition) is 3. The minimum absolute atomic E-state index is 0.0116. The van der Waals surface area contributed by atoms with Crippen molar-refractivity contribution in [3.05, 3.63) is 54.9 Å². The highest BCUT2D eigenvalue weighted by atomic mass is 16.3. The van der Waals surface area contributed by atoms with Crippen molar-refractivity contribution >= 4 is 17.6 Å². The molecule has 1 unspecified atom stereocenters. The average Bonchev–Trinajstić information content (AvgIpc) is 2.93. The topological polar surface area (TPSA) is 86.8 Å². The zero-order valence-corrected chi connectivity index (χ0v) is 14.7. The highest BCUT2D eigenvalue weighted by Crippen LogP contribution is 2.29. The van der Waals surface area contributed by atoms with Crippen LogP contribution >= 0.6 is 0 Å². The molecule has 4 rings (SSSR count). The molecule has 2 aromatic heterocycles. The SMILES string of the molecule is CC1(C)C(CO)Nc2nc(Nc3ccncc3)nc(-c3ccccc3)[n+]21. The van der Waals surface area contributed by atoms with E-state index in [2.05, 4.69) is 39.0 Å². The van der Waals surface area contributed by atoms with Crippen molar-refractivity contribution in [1.29, 1.82) is 0 Å². The lowest BCUT2D eigenvalue weighted by atomic mass is 9.96. The Morgan fingerprint density at radius 1 is 1.12 bits per heavy atom. The van der Waals surface area contributed by atoms with Gasteiger partial charge in [0.05, 0.1) is 6.61 Å². The second-order valence-electron chi connectivity index (χ2n) is 6.79. The van der Waals surface area contributed by atoms with E-state index in [1.807, 2.05) is 42.5 Å². The summed E-state index contributed by atoms with van der Waals surface area (Å²) in [5, 5.41) is 16.3. The van der Waals surface area contributed by atoms with E-state index < -0.39 is 0 Å². The van der Waals surface area contributed by atoms with Crippen molar-refractivity contribution in [3.8, 4) is 11.4 Å². The molecule has 132 valence electrons. The van der Waals surface area contributed by atoms with E-state index in [0.717, 1.165) is 17.1 Å². The smallest absolute Gasteiger partial charge is 0.352 e. The first-order valence-electron chi connectivity index (χ1n) is 8.54. The predicted molar refractivity (Wildman–Crippen MR) is 99.0 cm³/mol. The fraction of sp³-hybridized carbons (Fsp3) is 0.263. The third-order valence-electron chi connectivity index (χ3n) is 4.73. The lowest BCUT2D eigenvalue weighted by Gasteiger charge is -2.24. The fourth-order valence-corrected chi connectivity index (χ4v) is 3.23. The molecule has 0 amide bonds. The molecule has 1 aromatic carbocycles. The Labute approximate surface area is 151 Å². The molecular formula is C19H21N6O+.